The summed E-state index contributed by atoms with van der Waals surface area (Å²) in [6.07, 6.45) is 5.44. The maximum absolute atomic E-state index is 3.56. The molecule has 0 spiro atoms. The van der Waals surface area contributed by atoms with Gasteiger partial charge in [0.2, 0.25) is 0 Å². The zero-order valence-electron chi connectivity index (χ0n) is 13.7. The Balaban J connectivity index is 1.96. The van der Waals surface area contributed by atoms with Crippen molar-refractivity contribution in [2.24, 2.45) is 0 Å². The quantitative estimate of drug-likeness (QED) is 0.717. The number of thioether (sulfide) groups is 1. The van der Waals surface area contributed by atoms with Crippen LogP contribution in [0.25, 0.3) is 0 Å². The SMILES string of the molecule is CC(C)(C)NCCCCCCN1CCSC(C)(C)C1. The van der Waals surface area contributed by atoms with E-state index < -0.39 is 0 Å². The van der Waals surface area contributed by atoms with E-state index in [-0.39, 0.29) is 5.54 Å². The minimum absolute atomic E-state index is 0.275. The molecule has 0 radical (unpaired) electrons. The summed E-state index contributed by atoms with van der Waals surface area (Å²) < 4.78 is 0.467. The number of nitrogens with one attached hydrogen (secondary N) is 1. The molecule has 1 saturated heterocycles. The summed E-state index contributed by atoms with van der Waals surface area (Å²) in [6.45, 7) is 16.5. The molecule has 1 fully saturated rings. The number of rotatable bonds is 7. The van der Waals surface area contributed by atoms with E-state index in [2.05, 4.69) is 56.6 Å². The Hall–Kier alpha value is 0.270. The Morgan fingerprint density at radius 1 is 1.11 bits per heavy atom. The van der Waals surface area contributed by atoms with Gasteiger partial charge in [-0.1, -0.05) is 12.8 Å². The molecule has 1 aliphatic heterocycles. The predicted molar refractivity (Wildman–Crippen MR) is 89.2 cm³/mol. The molecule has 1 N–H and O–H groups in total. The number of hydrogen-bond acceptors (Lipinski definition) is 3. The van der Waals surface area contributed by atoms with Gasteiger partial charge in [0.05, 0.1) is 0 Å². The van der Waals surface area contributed by atoms with Crippen LogP contribution in [0.3, 0.4) is 0 Å². The van der Waals surface area contributed by atoms with E-state index in [1.807, 2.05) is 0 Å². The fraction of sp³-hybridized carbons (Fsp3) is 1.00. The molecule has 0 aromatic rings. The Morgan fingerprint density at radius 3 is 2.42 bits per heavy atom. The van der Waals surface area contributed by atoms with E-state index in [0.29, 0.717) is 4.75 Å². The molecule has 0 saturated carbocycles. The van der Waals surface area contributed by atoms with Gasteiger partial charge in [0, 0.05) is 29.1 Å². The van der Waals surface area contributed by atoms with Crippen LogP contribution in [0.5, 0.6) is 0 Å². The summed E-state index contributed by atoms with van der Waals surface area (Å²) >= 11 is 2.13. The van der Waals surface area contributed by atoms with Crippen molar-refractivity contribution in [1.29, 1.82) is 0 Å². The van der Waals surface area contributed by atoms with Gasteiger partial charge in [0.25, 0.3) is 0 Å². The fourth-order valence-corrected chi connectivity index (χ4v) is 3.76. The molecule has 0 aliphatic carbocycles. The second-order valence-corrected chi connectivity index (χ2v) is 9.28. The summed E-state index contributed by atoms with van der Waals surface area (Å²) in [4.78, 5) is 2.66. The molecule has 0 aromatic heterocycles. The van der Waals surface area contributed by atoms with Crippen LogP contribution >= 0.6 is 11.8 Å². The molecule has 0 atom stereocenters. The lowest BCUT2D eigenvalue weighted by Crippen LogP contribution is -2.43. The smallest absolute Gasteiger partial charge is 0.0231 e. The van der Waals surface area contributed by atoms with Crippen molar-refractivity contribution in [2.45, 2.75) is 70.6 Å². The van der Waals surface area contributed by atoms with Crippen LogP contribution in [0.4, 0.5) is 0 Å². The van der Waals surface area contributed by atoms with Crippen LogP contribution in [-0.4, -0.2) is 47.1 Å². The highest BCUT2D eigenvalue weighted by Gasteiger charge is 2.26. The summed E-state index contributed by atoms with van der Waals surface area (Å²) in [5, 5.41) is 3.56. The fourth-order valence-electron chi connectivity index (χ4n) is 2.58. The Bertz CT molecular complexity index is 246. The Kier molecular flexibility index (Phi) is 7.20. The van der Waals surface area contributed by atoms with Gasteiger partial charge in [-0.15, -0.1) is 0 Å². The first-order chi connectivity index (χ1) is 8.79. The molecule has 114 valence electrons. The first kappa shape index (κ1) is 17.3. The molecule has 0 amide bonds. The lowest BCUT2D eigenvalue weighted by Gasteiger charge is -2.37. The first-order valence-electron chi connectivity index (χ1n) is 7.90. The highest BCUT2D eigenvalue weighted by molar-refractivity contribution is 8.00. The maximum atomic E-state index is 3.56. The topological polar surface area (TPSA) is 15.3 Å². The maximum Gasteiger partial charge on any atom is 0.0231 e. The van der Waals surface area contributed by atoms with E-state index in [9.17, 15) is 0 Å². The van der Waals surface area contributed by atoms with E-state index >= 15 is 0 Å². The molecular weight excluding hydrogens is 252 g/mol. The Morgan fingerprint density at radius 2 is 1.79 bits per heavy atom. The van der Waals surface area contributed by atoms with Gasteiger partial charge in [-0.25, -0.2) is 0 Å². The molecule has 0 unspecified atom stereocenters. The standard InChI is InChI=1S/C16H34N2S/c1-15(2,3)17-10-8-6-7-9-11-18-12-13-19-16(4,5)14-18/h17H,6-14H2,1-5H3. The van der Waals surface area contributed by atoms with E-state index in [1.165, 1.54) is 51.1 Å². The van der Waals surface area contributed by atoms with Crippen molar-refractivity contribution in [3.63, 3.8) is 0 Å². The zero-order valence-corrected chi connectivity index (χ0v) is 14.5. The average Bonchev–Trinajstić information content (AvgIpc) is 2.25. The number of nitrogens with zero attached hydrogens (tertiary/aromatic N) is 1. The molecule has 0 aromatic carbocycles. The van der Waals surface area contributed by atoms with Crippen LogP contribution in [0.15, 0.2) is 0 Å². The summed E-state index contributed by atoms with van der Waals surface area (Å²) in [6, 6.07) is 0. The minimum atomic E-state index is 0.275. The minimum Gasteiger partial charge on any atom is -0.312 e. The van der Waals surface area contributed by atoms with Crippen LogP contribution in [0.1, 0.15) is 60.3 Å². The molecule has 1 aliphatic rings. The molecular formula is C16H34N2S. The van der Waals surface area contributed by atoms with Crippen molar-refractivity contribution >= 4 is 11.8 Å². The monoisotopic (exact) mass is 286 g/mol. The highest BCUT2D eigenvalue weighted by atomic mass is 32.2. The second kappa shape index (κ2) is 7.90. The second-order valence-electron chi connectivity index (χ2n) is 7.48. The summed E-state index contributed by atoms with van der Waals surface area (Å²) in [7, 11) is 0. The van der Waals surface area contributed by atoms with Gasteiger partial charge < -0.3 is 10.2 Å². The van der Waals surface area contributed by atoms with Gasteiger partial charge in [-0.05, 0) is 60.5 Å². The normalized spacial score (nSPS) is 20.7. The van der Waals surface area contributed by atoms with Crippen LogP contribution < -0.4 is 5.32 Å². The lowest BCUT2D eigenvalue weighted by molar-refractivity contribution is 0.254. The summed E-state index contributed by atoms with van der Waals surface area (Å²) in [5.74, 6) is 1.31. The number of unbranched alkanes of at least 4 members (excludes halogenated alkanes) is 3. The van der Waals surface area contributed by atoms with E-state index in [1.54, 1.807) is 0 Å². The van der Waals surface area contributed by atoms with Crippen LogP contribution in [-0.2, 0) is 0 Å². The molecule has 2 nitrogen and oxygen atoms in total. The highest BCUT2D eigenvalue weighted by Crippen LogP contribution is 2.29. The van der Waals surface area contributed by atoms with Gasteiger partial charge in [0.15, 0.2) is 0 Å². The van der Waals surface area contributed by atoms with Crippen molar-refractivity contribution < 1.29 is 0 Å². The van der Waals surface area contributed by atoms with Crippen molar-refractivity contribution in [1.82, 2.24) is 10.2 Å². The van der Waals surface area contributed by atoms with Gasteiger partial charge in [-0.3, -0.25) is 0 Å². The third-order valence-electron chi connectivity index (χ3n) is 3.56. The predicted octanol–water partition coefficient (Wildman–Crippen LogP) is 3.76. The molecule has 19 heavy (non-hydrogen) atoms. The van der Waals surface area contributed by atoms with E-state index in [4.69, 9.17) is 0 Å². The third kappa shape index (κ3) is 8.93. The lowest BCUT2D eigenvalue weighted by atomic mass is 10.1. The first-order valence-corrected chi connectivity index (χ1v) is 8.88. The van der Waals surface area contributed by atoms with Crippen LogP contribution in [0, 0.1) is 0 Å². The van der Waals surface area contributed by atoms with Gasteiger partial charge in [0.1, 0.15) is 0 Å². The summed E-state index contributed by atoms with van der Waals surface area (Å²) in [5.41, 5.74) is 0.275. The molecule has 3 heteroatoms. The zero-order chi connectivity index (χ0) is 14.4. The average molecular weight is 287 g/mol. The molecule has 0 bridgehead atoms. The van der Waals surface area contributed by atoms with Crippen molar-refractivity contribution in [2.75, 3.05) is 31.9 Å². The Labute approximate surface area is 125 Å². The van der Waals surface area contributed by atoms with E-state index in [0.717, 1.165) is 6.54 Å². The van der Waals surface area contributed by atoms with Gasteiger partial charge in [-0.2, -0.15) is 11.8 Å². The van der Waals surface area contributed by atoms with Crippen LogP contribution in [0.2, 0.25) is 0 Å². The third-order valence-corrected chi connectivity index (χ3v) is 4.86. The van der Waals surface area contributed by atoms with Gasteiger partial charge >= 0.3 is 0 Å². The molecule has 1 heterocycles. The molecule has 1 rings (SSSR count). The van der Waals surface area contributed by atoms with Crippen molar-refractivity contribution in [3.05, 3.63) is 0 Å². The number of hydrogen-bond donors (Lipinski definition) is 1. The van der Waals surface area contributed by atoms with Crippen molar-refractivity contribution in [3.8, 4) is 0 Å². The largest absolute Gasteiger partial charge is 0.312 e.